The van der Waals surface area contributed by atoms with Gasteiger partial charge in [0.2, 0.25) is 0 Å². The van der Waals surface area contributed by atoms with E-state index in [0.717, 1.165) is 18.4 Å². The highest BCUT2D eigenvalue weighted by Gasteiger charge is 2.29. The van der Waals surface area contributed by atoms with Gasteiger partial charge in [-0.3, -0.25) is 0 Å². The molecule has 1 aromatic rings. The highest BCUT2D eigenvalue weighted by molar-refractivity contribution is 6.32. The molecular weight excluding hydrogens is 295 g/mol. The topological polar surface area (TPSA) is 30.5 Å². The van der Waals surface area contributed by atoms with E-state index in [1.165, 1.54) is 7.11 Å². The second-order valence-electron chi connectivity index (χ2n) is 4.67. The molecule has 0 aliphatic heterocycles. The monoisotopic (exact) mass is 309 g/mol. The van der Waals surface area contributed by atoms with E-state index >= 15 is 0 Å². The van der Waals surface area contributed by atoms with E-state index in [1.54, 1.807) is 12.1 Å². The lowest BCUT2D eigenvalue weighted by Crippen LogP contribution is -2.20. The molecular formula is C13H15ClF3NO2. The number of rotatable bonds is 6. The van der Waals surface area contributed by atoms with E-state index in [-0.39, 0.29) is 16.5 Å². The van der Waals surface area contributed by atoms with Gasteiger partial charge in [-0.2, -0.15) is 13.2 Å². The summed E-state index contributed by atoms with van der Waals surface area (Å²) in [6.07, 6.45) is -2.12. The minimum atomic E-state index is -4.42. The summed E-state index contributed by atoms with van der Waals surface area (Å²) in [5.41, 5.74) is 0.845. The van der Waals surface area contributed by atoms with Crippen molar-refractivity contribution in [2.45, 2.75) is 31.6 Å². The lowest BCUT2D eigenvalue weighted by Gasteiger charge is -2.15. The molecule has 1 N–H and O–H groups in total. The molecule has 0 atom stereocenters. The number of methoxy groups -OCH3 is 1. The molecule has 1 aromatic carbocycles. The minimum absolute atomic E-state index is 0.0818. The zero-order valence-electron chi connectivity index (χ0n) is 10.9. The highest BCUT2D eigenvalue weighted by atomic mass is 35.5. The van der Waals surface area contributed by atoms with Gasteiger partial charge in [0.25, 0.3) is 0 Å². The third kappa shape index (κ3) is 4.45. The van der Waals surface area contributed by atoms with Crippen molar-refractivity contribution in [2.75, 3.05) is 13.7 Å². The first-order valence-electron chi connectivity index (χ1n) is 6.18. The first-order valence-corrected chi connectivity index (χ1v) is 6.56. The fourth-order valence-electron chi connectivity index (χ4n) is 1.72. The highest BCUT2D eigenvalue weighted by Crippen LogP contribution is 2.37. The summed E-state index contributed by atoms with van der Waals surface area (Å²) in [6, 6.07) is 3.75. The van der Waals surface area contributed by atoms with Crippen LogP contribution in [0.15, 0.2) is 12.1 Å². The smallest absolute Gasteiger partial charge is 0.422 e. The molecule has 3 nitrogen and oxygen atoms in total. The van der Waals surface area contributed by atoms with Gasteiger partial charge in [-0.15, -0.1) is 0 Å². The van der Waals surface area contributed by atoms with Crippen molar-refractivity contribution in [2.24, 2.45) is 0 Å². The maximum absolute atomic E-state index is 12.2. The van der Waals surface area contributed by atoms with Crippen molar-refractivity contribution < 1.29 is 22.6 Å². The quantitative estimate of drug-likeness (QED) is 0.872. The molecule has 7 heteroatoms. The molecule has 1 aliphatic carbocycles. The Kier molecular flexibility index (Phi) is 4.65. The number of nitrogens with one attached hydrogen (secondary N) is 1. The molecule has 0 radical (unpaired) electrons. The van der Waals surface area contributed by atoms with E-state index < -0.39 is 12.8 Å². The number of ether oxygens (including phenoxy) is 2. The zero-order valence-corrected chi connectivity index (χ0v) is 11.6. The first kappa shape index (κ1) is 15.3. The van der Waals surface area contributed by atoms with Crippen molar-refractivity contribution in [3.63, 3.8) is 0 Å². The second kappa shape index (κ2) is 6.10. The van der Waals surface area contributed by atoms with Gasteiger partial charge in [0, 0.05) is 12.6 Å². The van der Waals surface area contributed by atoms with Crippen LogP contribution in [0.3, 0.4) is 0 Å². The predicted molar refractivity (Wildman–Crippen MR) is 69.4 cm³/mol. The van der Waals surface area contributed by atoms with Crippen LogP contribution in [0.25, 0.3) is 0 Å². The van der Waals surface area contributed by atoms with Gasteiger partial charge in [-0.25, -0.2) is 0 Å². The average Bonchev–Trinajstić information content (AvgIpc) is 3.17. The first-order chi connectivity index (χ1) is 9.39. The summed E-state index contributed by atoms with van der Waals surface area (Å²) in [4.78, 5) is 0. The van der Waals surface area contributed by atoms with Crippen molar-refractivity contribution >= 4 is 11.6 Å². The molecule has 0 bridgehead atoms. The molecule has 2 rings (SSSR count). The Morgan fingerprint density at radius 2 is 2.05 bits per heavy atom. The van der Waals surface area contributed by atoms with Gasteiger partial charge in [-0.1, -0.05) is 11.6 Å². The van der Waals surface area contributed by atoms with Gasteiger partial charge < -0.3 is 14.8 Å². The van der Waals surface area contributed by atoms with E-state index in [0.29, 0.717) is 12.6 Å². The second-order valence-corrected chi connectivity index (χ2v) is 5.08. The molecule has 1 aliphatic rings. The largest absolute Gasteiger partial charge is 0.493 e. The third-order valence-corrected chi connectivity index (χ3v) is 3.12. The molecule has 0 saturated heterocycles. The number of halogens is 4. The molecule has 0 heterocycles. The maximum atomic E-state index is 12.2. The molecule has 20 heavy (non-hydrogen) atoms. The number of benzene rings is 1. The third-order valence-electron chi connectivity index (χ3n) is 2.84. The number of alkyl halides is 3. The molecule has 0 unspecified atom stereocenters. The van der Waals surface area contributed by atoms with Crippen LogP contribution in [0.5, 0.6) is 11.5 Å². The fraction of sp³-hybridized carbons (Fsp3) is 0.538. The van der Waals surface area contributed by atoms with Crippen LogP contribution in [-0.4, -0.2) is 25.9 Å². The standard InChI is InChI=1S/C13H15ClF3NO2/c1-19-11-5-8(6-18-9-2-3-9)4-10(14)12(11)20-7-13(15,16)17/h4-5,9,18H,2-3,6-7H2,1H3. The summed E-state index contributed by atoms with van der Waals surface area (Å²) in [7, 11) is 1.37. The van der Waals surface area contributed by atoms with Crippen LogP contribution in [0.4, 0.5) is 13.2 Å². The van der Waals surface area contributed by atoms with E-state index in [4.69, 9.17) is 21.1 Å². The van der Waals surface area contributed by atoms with Gasteiger partial charge >= 0.3 is 6.18 Å². The normalized spacial score (nSPS) is 15.2. The Morgan fingerprint density at radius 3 is 2.60 bits per heavy atom. The minimum Gasteiger partial charge on any atom is -0.493 e. The predicted octanol–water partition coefficient (Wildman–Crippen LogP) is 3.54. The molecule has 0 amide bonds. The van der Waals surface area contributed by atoms with E-state index in [9.17, 15) is 13.2 Å². The van der Waals surface area contributed by atoms with Crippen LogP contribution in [0.2, 0.25) is 5.02 Å². The SMILES string of the molecule is COc1cc(CNC2CC2)cc(Cl)c1OCC(F)(F)F. The number of hydrogen-bond acceptors (Lipinski definition) is 3. The summed E-state index contributed by atoms with van der Waals surface area (Å²) in [5.74, 6) is 0.121. The molecule has 112 valence electrons. The average molecular weight is 310 g/mol. The van der Waals surface area contributed by atoms with E-state index in [2.05, 4.69) is 5.32 Å². The Balaban J connectivity index is 2.09. The van der Waals surface area contributed by atoms with Gasteiger partial charge in [-0.05, 0) is 30.5 Å². The molecule has 1 fully saturated rings. The molecule has 0 aromatic heterocycles. The summed E-state index contributed by atoms with van der Waals surface area (Å²) in [6.45, 7) is -0.803. The Bertz CT molecular complexity index is 475. The maximum Gasteiger partial charge on any atom is 0.422 e. The summed E-state index contributed by atoms with van der Waals surface area (Å²) in [5, 5.41) is 3.40. The summed E-state index contributed by atoms with van der Waals surface area (Å²) >= 11 is 5.97. The zero-order chi connectivity index (χ0) is 14.8. The Hall–Kier alpha value is -1.14. The fourth-order valence-corrected chi connectivity index (χ4v) is 2.01. The Labute approximate surface area is 120 Å². The molecule has 0 spiro atoms. The van der Waals surface area contributed by atoms with Gasteiger partial charge in [0.05, 0.1) is 12.1 Å². The van der Waals surface area contributed by atoms with Crippen LogP contribution >= 0.6 is 11.6 Å². The van der Waals surface area contributed by atoms with Crippen LogP contribution < -0.4 is 14.8 Å². The van der Waals surface area contributed by atoms with Crippen LogP contribution in [-0.2, 0) is 6.54 Å². The van der Waals surface area contributed by atoms with E-state index in [1.807, 2.05) is 0 Å². The lowest BCUT2D eigenvalue weighted by atomic mass is 10.2. The summed E-state index contributed by atoms with van der Waals surface area (Å²) < 4.78 is 46.3. The van der Waals surface area contributed by atoms with Crippen LogP contribution in [0.1, 0.15) is 18.4 Å². The van der Waals surface area contributed by atoms with Crippen molar-refractivity contribution in [1.82, 2.24) is 5.32 Å². The van der Waals surface area contributed by atoms with Crippen LogP contribution in [0, 0.1) is 0 Å². The van der Waals surface area contributed by atoms with Gasteiger partial charge in [0.15, 0.2) is 18.1 Å². The van der Waals surface area contributed by atoms with Crippen molar-refractivity contribution in [1.29, 1.82) is 0 Å². The molecule has 1 saturated carbocycles. The number of hydrogen-bond donors (Lipinski definition) is 1. The van der Waals surface area contributed by atoms with Crippen molar-refractivity contribution in [3.05, 3.63) is 22.7 Å². The lowest BCUT2D eigenvalue weighted by molar-refractivity contribution is -0.153. The van der Waals surface area contributed by atoms with Gasteiger partial charge in [0.1, 0.15) is 0 Å². The van der Waals surface area contributed by atoms with Crippen molar-refractivity contribution in [3.8, 4) is 11.5 Å². The Morgan fingerprint density at radius 1 is 1.35 bits per heavy atom.